The highest BCUT2D eigenvalue weighted by molar-refractivity contribution is 5.68. The zero-order chi connectivity index (χ0) is 22.8. The lowest BCUT2D eigenvalue weighted by Gasteiger charge is -2.08. The van der Waals surface area contributed by atoms with Crippen molar-refractivity contribution in [1.29, 1.82) is 0 Å². The maximum atomic E-state index is 11.9. The maximum Gasteiger partial charge on any atom is 0.407 e. The number of rotatable bonds is 5. The Bertz CT molecular complexity index is 986. The molecule has 0 radical (unpaired) electrons. The molecule has 0 unspecified atom stereocenters. The lowest BCUT2D eigenvalue weighted by atomic mass is 10.0. The van der Waals surface area contributed by atoms with Gasteiger partial charge in [-0.3, -0.25) is 0 Å². The second-order valence-corrected chi connectivity index (χ2v) is 7.91. The molecule has 2 heterocycles. The van der Waals surface area contributed by atoms with Crippen LogP contribution in [0.4, 0.5) is 4.79 Å². The van der Waals surface area contributed by atoms with Gasteiger partial charge in [-0.15, -0.1) is 0 Å². The summed E-state index contributed by atoms with van der Waals surface area (Å²) in [4.78, 5) is 16.2. The van der Waals surface area contributed by atoms with Crippen molar-refractivity contribution < 1.29 is 19.2 Å². The van der Waals surface area contributed by atoms with Crippen LogP contribution in [0.3, 0.4) is 0 Å². The minimum Gasteiger partial charge on any atom is -0.506 e. The molecular formula is C25H31N3O4. The smallest absolute Gasteiger partial charge is 0.407 e. The second-order valence-electron chi connectivity index (χ2n) is 7.91. The summed E-state index contributed by atoms with van der Waals surface area (Å²) >= 11 is 0. The number of ether oxygens (including phenoxy) is 1. The van der Waals surface area contributed by atoms with Gasteiger partial charge in [0.1, 0.15) is 18.1 Å². The number of aromatic nitrogens is 2. The van der Waals surface area contributed by atoms with Gasteiger partial charge in [0.25, 0.3) is 0 Å². The Morgan fingerprint density at radius 2 is 1.66 bits per heavy atom. The summed E-state index contributed by atoms with van der Waals surface area (Å²) < 4.78 is 10.5. The van der Waals surface area contributed by atoms with Crippen molar-refractivity contribution in [3.8, 4) is 17.2 Å². The fourth-order valence-electron chi connectivity index (χ4n) is 3.47. The summed E-state index contributed by atoms with van der Waals surface area (Å²) in [5.74, 6) is 0.558. The summed E-state index contributed by atoms with van der Waals surface area (Å²) in [6.45, 7) is 3.87. The molecule has 0 saturated heterocycles. The van der Waals surface area contributed by atoms with Gasteiger partial charge in [0.15, 0.2) is 5.76 Å². The Kier molecular flexibility index (Phi) is 8.66. The average molecular weight is 438 g/mol. The lowest BCUT2D eigenvalue weighted by molar-refractivity contribution is 0.139. The van der Waals surface area contributed by atoms with E-state index in [0.29, 0.717) is 28.4 Å². The lowest BCUT2D eigenvalue weighted by Crippen LogP contribution is -2.24. The molecule has 1 aliphatic rings. The maximum absolute atomic E-state index is 11.9. The minimum absolute atomic E-state index is 0.106. The Morgan fingerprint density at radius 3 is 2.28 bits per heavy atom. The van der Waals surface area contributed by atoms with Crippen LogP contribution in [-0.2, 0) is 17.9 Å². The summed E-state index contributed by atoms with van der Waals surface area (Å²) in [5.41, 5.74) is 3.29. The highest BCUT2D eigenvalue weighted by Gasteiger charge is 2.18. The van der Waals surface area contributed by atoms with Crippen LogP contribution >= 0.6 is 0 Å². The van der Waals surface area contributed by atoms with E-state index in [0.717, 1.165) is 5.56 Å². The fourth-order valence-corrected chi connectivity index (χ4v) is 3.47. The van der Waals surface area contributed by atoms with Crippen LogP contribution in [0.2, 0.25) is 0 Å². The Balaban J connectivity index is 0.000000416. The summed E-state index contributed by atoms with van der Waals surface area (Å²) in [7, 11) is 0. The zero-order valence-electron chi connectivity index (χ0n) is 18.8. The number of aryl methyl sites for hydroxylation is 2. The molecule has 3 aromatic rings. The van der Waals surface area contributed by atoms with Crippen LogP contribution in [0, 0.1) is 13.8 Å². The van der Waals surface area contributed by atoms with E-state index in [1.165, 1.54) is 38.5 Å². The number of nitrogens with one attached hydrogen (secondary N) is 1. The molecular weight excluding hydrogens is 406 g/mol. The van der Waals surface area contributed by atoms with Crippen molar-refractivity contribution in [2.45, 2.75) is 65.5 Å². The molecule has 0 aliphatic heterocycles. The Morgan fingerprint density at radius 1 is 1.00 bits per heavy atom. The molecule has 1 amide bonds. The number of alkyl carbamates (subject to hydrolysis) is 1. The van der Waals surface area contributed by atoms with Crippen LogP contribution in [0.25, 0.3) is 11.5 Å². The van der Waals surface area contributed by atoms with Crippen LogP contribution in [0.1, 0.15) is 61.0 Å². The molecule has 1 saturated carbocycles. The third kappa shape index (κ3) is 6.83. The van der Waals surface area contributed by atoms with Crippen molar-refractivity contribution in [2.24, 2.45) is 0 Å². The third-order valence-corrected chi connectivity index (χ3v) is 5.40. The quantitative estimate of drug-likeness (QED) is 0.521. The van der Waals surface area contributed by atoms with Gasteiger partial charge in [0.05, 0.1) is 17.9 Å². The van der Waals surface area contributed by atoms with Gasteiger partial charge in [-0.05, 0) is 31.5 Å². The van der Waals surface area contributed by atoms with Crippen LogP contribution in [0.5, 0.6) is 5.75 Å². The molecule has 4 rings (SSSR count). The van der Waals surface area contributed by atoms with Crippen molar-refractivity contribution in [1.82, 2.24) is 15.5 Å². The molecule has 0 spiro atoms. The molecule has 32 heavy (non-hydrogen) atoms. The first-order chi connectivity index (χ1) is 15.5. The van der Waals surface area contributed by atoms with Gasteiger partial charge in [-0.25, -0.2) is 9.78 Å². The number of hydrogen-bond acceptors (Lipinski definition) is 6. The minimum atomic E-state index is -0.532. The van der Waals surface area contributed by atoms with E-state index in [-0.39, 0.29) is 18.9 Å². The molecule has 0 bridgehead atoms. The number of carbonyl (C=O) groups is 1. The normalized spacial score (nSPS) is 13.1. The van der Waals surface area contributed by atoms with E-state index in [1.807, 2.05) is 30.3 Å². The largest absolute Gasteiger partial charge is 0.506 e. The van der Waals surface area contributed by atoms with E-state index in [1.54, 1.807) is 26.0 Å². The first-order valence-corrected chi connectivity index (χ1v) is 11.1. The van der Waals surface area contributed by atoms with Crippen molar-refractivity contribution >= 4 is 6.09 Å². The van der Waals surface area contributed by atoms with E-state index in [2.05, 4.69) is 15.5 Å². The van der Waals surface area contributed by atoms with Crippen molar-refractivity contribution in [3.63, 3.8) is 0 Å². The van der Waals surface area contributed by atoms with E-state index in [9.17, 15) is 9.90 Å². The highest BCUT2D eigenvalue weighted by atomic mass is 16.5. The molecule has 7 nitrogen and oxygen atoms in total. The first kappa shape index (κ1) is 23.3. The number of nitrogens with zero attached hydrogens (tertiary/aromatic N) is 2. The van der Waals surface area contributed by atoms with E-state index >= 15 is 0 Å². The van der Waals surface area contributed by atoms with Gasteiger partial charge in [-0.1, -0.05) is 74.0 Å². The van der Waals surface area contributed by atoms with E-state index < -0.39 is 6.09 Å². The molecule has 2 aromatic heterocycles. The molecule has 2 N–H and O–H groups in total. The van der Waals surface area contributed by atoms with Crippen molar-refractivity contribution in [2.75, 3.05) is 0 Å². The number of hydrogen-bond donors (Lipinski definition) is 2. The zero-order valence-corrected chi connectivity index (χ0v) is 18.8. The van der Waals surface area contributed by atoms with Gasteiger partial charge >= 0.3 is 6.09 Å². The van der Waals surface area contributed by atoms with Crippen LogP contribution in [0.15, 0.2) is 47.0 Å². The summed E-state index contributed by atoms with van der Waals surface area (Å²) in [6, 6.07) is 12.6. The highest BCUT2D eigenvalue weighted by Crippen LogP contribution is 2.27. The molecule has 7 heteroatoms. The standard InChI is InChI=1S/C19H19N3O4.C6H12/c1-12-15(10-20-19(24)25-11-14-6-4-3-5-7-14)18(26-22-12)16-8-9-17(23)13(2)21-16;1-2-4-6-5-3-1/h3-9,23H,10-11H2,1-2H3,(H,20,24);1-6H2. The van der Waals surface area contributed by atoms with Gasteiger partial charge in [0.2, 0.25) is 0 Å². The molecule has 170 valence electrons. The predicted molar refractivity (Wildman–Crippen MR) is 122 cm³/mol. The number of amides is 1. The number of aromatic hydroxyl groups is 1. The molecule has 1 aromatic carbocycles. The van der Waals surface area contributed by atoms with Gasteiger partial charge < -0.3 is 19.7 Å². The molecule has 0 atom stereocenters. The fraction of sp³-hybridized carbons (Fsp3) is 0.400. The number of carbonyl (C=O) groups excluding carboxylic acids is 1. The Labute approximate surface area is 188 Å². The first-order valence-electron chi connectivity index (χ1n) is 11.1. The Hall–Kier alpha value is -3.35. The number of pyridine rings is 1. The van der Waals surface area contributed by atoms with Crippen molar-refractivity contribution in [3.05, 3.63) is 65.0 Å². The van der Waals surface area contributed by atoms with Crippen LogP contribution < -0.4 is 5.32 Å². The number of benzene rings is 1. The molecule has 1 fully saturated rings. The van der Waals surface area contributed by atoms with E-state index in [4.69, 9.17) is 9.26 Å². The van der Waals surface area contributed by atoms with Gasteiger partial charge in [0, 0.05) is 5.56 Å². The molecule has 1 aliphatic carbocycles. The SMILES string of the molecule is C1CCCCC1.Cc1nc(-c2onc(C)c2CNC(=O)OCc2ccccc2)ccc1O. The topological polar surface area (TPSA) is 97.5 Å². The predicted octanol–water partition coefficient (Wildman–Crippen LogP) is 5.83. The monoisotopic (exact) mass is 437 g/mol. The summed E-state index contributed by atoms with van der Waals surface area (Å²) in [6.07, 6.45) is 8.47. The third-order valence-electron chi connectivity index (χ3n) is 5.40. The summed E-state index contributed by atoms with van der Waals surface area (Å²) in [5, 5.41) is 16.3. The second kappa shape index (κ2) is 11.9. The average Bonchev–Trinajstić information content (AvgIpc) is 3.20. The van der Waals surface area contributed by atoms with Crippen LogP contribution in [-0.4, -0.2) is 21.3 Å². The van der Waals surface area contributed by atoms with Gasteiger partial charge in [-0.2, -0.15) is 0 Å².